The molecule has 0 spiro atoms. The van der Waals surface area contributed by atoms with Crippen molar-refractivity contribution < 1.29 is 23.6 Å². The summed E-state index contributed by atoms with van der Waals surface area (Å²) >= 11 is 5.10. The van der Waals surface area contributed by atoms with Crippen LogP contribution in [-0.2, 0) is 15.9 Å². The van der Waals surface area contributed by atoms with Gasteiger partial charge >= 0.3 is 7.82 Å². The summed E-state index contributed by atoms with van der Waals surface area (Å²) in [5.74, 6) is 0.0856. The van der Waals surface area contributed by atoms with Gasteiger partial charge in [0.15, 0.2) is 0 Å². The summed E-state index contributed by atoms with van der Waals surface area (Å²) in [5.41, 5.74) is 2.78. The average Bonchev–Trinajstić information content (AvgIpc) is 2.47. The number of anilines is 1. The maximum Gasteiger partial charge on any atom is 0.524 e. The fraction of sp³-hybridized carbons (Fsp3) is 0.133. The van der Waals surface area contributed by atoms with Crippen molar-refractivity contribution in [2.45, 2.75) is 13.5 Å². The summed E-state index contributed by atoms with van der Waals surface area (Å²) in [5, 5.41) is 3.20. The minimum atomic E-state index is -4.54. The van der Waals surface area contributed by atoms with E-state index in [0.29, 0.717) is 0 Å². The quantitative estimate of drug-likeness (QED) is 0.561. The van der Waals surface area contributed by atoms with Crippen LogP contribution in [0.2, 0.25) is 0 Å². The molecule has 0 unspecified atom stereocenters. The summed E-state index contributed by atoms with van der Waals surface area (Å²) in [4.78, 5) is 17.4. The highest BCUT2D eigenvalue weighted by Gasteiger charge is 2.15. The lowest BCUT2D eigenvalue weighted by atomic mass is 10.2. The first-order chi connectivity index (χ1) is 10.8. The summed E-state index contributed by atoms with van der Waals surface area (Å²) in [6, 6.07) is 13.9. The van der Waals surface area contributed by atoms with Crippen molar-refractivity contribution in [1.29, 1.82) is 0 Å². The fourth-order valence-electron chi connectivity index (χ4n) is 1.72. The molecular weight excluding hydrogens is 337 g/mol. The standard InChI is InChI=1S/C15H16NO5PS/c1-11-2-6-13(7-3-11)16-15(23)20-10-12-4-8-14(9-5-12)21-22(17,18)19/h2-9H,10H2,1H3,(H,16,23)(H2,17,18,19). The monoisotopic (exact) mass is 353 g/mol. The smallest absolute Gasteiger partial charge is 0.466 e. The van der Waals surface area contributed by atoms with Crippen molar-refractivity contribution in [3.05, 3.63) is 59.7 Å². The number of thiocarbonyl (C=S) groups is 1. The molecule has 2 aromatic carbocycles. The van der Waals surface area contributed by atoms with Crippen LogP contribution in [0.4, 0.5) is 5.69 Å². The van der Waals surface area contributed by atoms with E-state index in [-0.39, 0.29) is 17.5 Å². The molecule has 0 aliphatic carbocycles. The molecule has 23 heavy (non-hydrogen) atoms. The zero-order valence-corrected chi connectivity index (χ0v) is 14.0. The lowest BCUT2D eigenvalue weighted by Crippen LogP contribution is -2.13. The number of aryl methyl sites for hydroxylation is 1. The summed E-state index contributed by atoms with van der Waals surface area (Å²) < 4.78 is 20.6. The maximum atomic E-state index is 10.7. The van der Waals surface area contributed by atoms with Crippen LogP contribution in [-0.4, -0.2) is 15.0 Å². The van der Waals surface area contributed by atoms with E-state index in [0.717, 1.165) is 16.8 Å². The predicted octanol–water partition coefficient (Wildman–Crippen LogP) is 3.38. The lowest BCUT2D eigenvalue weighted by Gasteiger charge is -2.11. The zero-order valence-electron chi connectivity index (χ0n) is 12.3. The normalized spacial score (nSPS) is 10.9. The highest BCUT2D eigenvalue weighted by Crippen LogP contribution is 2.37. The molecule has 0 heterocycles. The van der Waals surface area contributed by atoms with Gasteiger partial charge in [0.05, 0.1) is 0 Å². The number of phosphoric acid groups is 1. The molecule has 0 saturated carbocycles. The molecule has 122 valence electrons. The Morgan fingerprint density at radius 3 is 2.30 bits per heavy atom. The Morgan fingerprint density at radius 1 is 1.13 bits per heavy atom. The number of ether oxygens (including phenoxy) is 1. The van der Waals surface area contributed by atoms with E-state index in [9.17, 15) is 4.57 Å². The maximum absolute atomic E-state index is 10.7. The first-order valence-electron chi connectivity index (χ1n) is 6.66. The third kappa shape index (κ3) is 6.38. The van der Waals surface area contributed by atoms with E-state index in [1.165, 1.54) is 12.1 Å². The van der Waals surface area contributed by atoms with Crippen LogP contribution < -0.4 is 9.84 Å². The van der Waals surface area contributed by atoms with Crippen LogP contribution in [0.25, 0.3) is 0 Å². The summed E-state index contributed by atoms with van der Waals surface area (Å²) in [6.07, 6.45) is 0. The first-order valence-corrected chi connectivity index (χ1v) is 8.60. The van der Waals surface area contributed by atoms with E-state index in [1.54, 1.807) is 12.1 Å². The Labute approximate surface area is 139 Å². The lowest BCUT2D eigenvalue weighted by molar-refractivity contribution is 0.283. The van der Waals surface area contributed by atoms with Gasteiger partial charge in [-0.1, -0.05) is 29.8 Å². The third-order valence-electron chi connectivity index (χ3n) is 2.82. The van der Waals surface area contributed by atoms with Crippen molar-refractivity contribution in [3.63, 3.8) is 0 Å². The highest BCUT2D eigenvalue weighted by atomic mass is 32.1. The van der Waals surface area contributed by atoms with E-state index in [4.69, 9.17) is 26.7 Å². The number of nitrogens with one attached hydrogen (secondary N) is 1. The van der Waals surface area contributed by atoms with E-state index in [1.807, 2.05) is 31.2 Å². The number of benzene rings is 2. The van der Waals surface area contributed by atoms with Crippen LogP contribution in [0, 0.1) is 6.92 Å². The molecule has 3 N–H and O–H groups in total. The Balaban J connectivity index is 1.84. The Kier molecular flexibility index (Phi) is 5.74. The second kappa shape index (κ2) is 7.57. The van der Waals surface area contributed by atoms with Crippen LogP contribution in [0.3, 0.4) is 0 Å². The average molecular weight is 353 g/mol. The Morgan fingerprint density at radius 2 is 1.74 bits per heavy atom. The van der Waals surface area contributed by atoms with Gasteiger partial charge in [0, 0.05) is 5.69 Å². The van der Waals surface area contributed by atoms with Gasteiger partial charge in [-0.05, 0) is 49.0 Å². The van der Waals surface area contributed by atoms with E-state index in [2.05, 4.69) is 9.84 Å². The summed E-state index contributed by atoms with van der Waals surface area (Å²) in [7, 11) is -4.54. The van der Waals surface area contributed by atoms with Crippen molar-refractivity contribution in [3.8, 4) is 5.75 Å². The minimum absolute atomic E-state index is 0.0856. The molecule has 6 nitrogen and oxygen atoms in total. The van der Waals surface area contributed by atoms with Crippen LogP contribution in [0.1, 0.15) is 11.1 Å². The highest BCUT2D eigenvalue weighted by molar-refractivity contribution is 7.80. The molecule has 0 aliphatic heterocycles. The Hall–Kier alpha value is -1.92. The number of phosphoric ester groups is 1. The van der Waals surface area contributed by atoms with Crippen molar-refractivity contribution >= 4 is 30.9 Å². The second-order valence-corrected chi connectivity index (χ2v) is 6.33. The molecule has 0 atom stereocenters. The van der Waals surface area contributed by atoms with Gasteiger partial charge in [-0.2, -0.15) is 0 Å². The SMILES string of the molecule is Cc1ccc(NC(=S)OCc2ccc(OP(=O)(O)O)cc2)cc1. The van der Waals surface area contributed by atoms with Gasteiger partial charge in [0.2, 0.25) is 0 Å². The predicted molar refractivity (Wildman–Crippen MR) is 91.3 cm³/mol. The van der Waals surface area contributed by atoms with Crippen molar-refractivity contribution in [1.82, 2.24) is 0 Å². The molecule has 0 saturated heterocycles. The van der Waals surface area contributed by atoms with Gasteiger partial charge < -0.3 is 14.6 Å². The first kappa shape index (κ1) is 17.4. The molecule has 8 heteroatoms. The summed E-state index contributed by atoms with van der Waals surface area (Å²) in [6.45, 7) is 2.23. The van der Waals surface area contributed by atoms with Gasteiger partial charge in [0.1, 0.15) is 12.4 Å². The van der Waals surface area contributed by atoms with Gasteiger partial charge in [0.25, 0.3) is 5.17 Å². The van der Waals surface area contributed by atoms with E-state index < -0.39 is 7.82 Å². The molecule has 2 rings (SSSR count). The molecular formula is C15H16NO5PS. The zero-order chi connectivity index (χ0) is 16.9. The molecule has 0 aromatic heterocycles. The fourth-order valence-corrected chi connectivity index (χ4v) is 2.30. The van der Waals surface area contributed by atoms with Gasteiger partial charge in [-0.25, -0.2) is 4.57 Å². The van der Waals surface area contributed by atoms with Crippen molar-refractivity contribution in [2.75, 3.05) is 5.32 Å². The third-order valence-corrected chi connectivity index (χ3v) is 3.48. The molecule has 0 bridgehead atoms. The minimum Gasteiger partial charge on any atom is -0.466 e. The molecule has 0 fully saturated rings. The largest absolute Gasteiger partial charge is 0.524 e. The van der Waals surface area contributed by atoms with Crippen LogP contribution in [0.5, 0.6) is 5.75 Å². The number of rotatable bonds is 5. The van der Waals surface area contributed by atoms with Gasteiger partial charge in [-0.3, -0.25) is 9.79 Å². The van der Waals surface area contributed by atoms with Crippen LogP contribution >= 0.6 is 20.0 Å². The Bertz CT molecular complexity index is 712. The van der Waals surface area contributed by atoms with Gasteiger partial charge in [-0.15, -0.1) is 0 Å². The number of hydrogen-bond donors (Lipinski definition) is 3. The van der Waals surface area contributed by atoms with Crippen molar-refractivity contribution in [2.24, 2.45) is 0 Å². The number of hydrogen-bond acceptors (Lipinski definition) is 4. The molecule has 0 radical (unpaired) electrons. The van der Waals surface area contributed by atoms with E-state index >= 15 is 0 Å². The molecule has 2 aromatic rings. The topological polar surface area (TPSA) is 88.0 Å². The van der Waals surface area contributed by atoms with Crippen LogP contribution in [0.15, 0.2) is 48.5 Å². The molecule has 0 amide bonds. The molecule has 0 aliphatic rings. The second-order valence-electron chi connectivity index (χ2n) is 4.79.